The van der Waals surface area contributed by atoms with Gasteiger partial charge in [-0.1, -0.05) is 6.07 Å². The van der Waals surface area contributed by atoms with E-state index in [1.165, 1.54) is 11.3 Å². The summed E-state index contributed by atoms with van der Waals surface area (Å²) >= 11 is 1.50. The molecule has 0 saturated carbocycles. The molecule has 2 rings (SSSR count). The van der Waals surface area contributed by atoms with E-state index in [1.54, 1.807) is 11.6 Å². The molecule has 0 aromatic carbocycles. The first-order valence-corrected chi connectivity index (χ1v) is 4.33. The van der Waals surface area contributed by atoms with Gasteiger partial charge in [-0.15, -0.1) is 11.3 Å². The van der Waals surface area contributed by atoms with Crippen molar-refractivity contribution in [3.8, 4) is 0 Å². The first-order chi connectivity index (χ1) is 5.95. The monoisotopic (exact) mass is 176 g/mol. The fourth-order valence-corrected chi connectivity index (χ4v) is 1.28. The van der Waals surface area contributed by atoms with Crippen LogP contribution in [0.1, 0.15) is 0 Å². The minimum Gasteiger partial charge on any atom is -0.316 e. The van der Waals surface area contributed by atoms with Gasteiger partial charge in [-0.25, -0.2) is 9.97 Å². The number of thiazole rings is 1. The first-order valence-electron chi connectivity index (χ1n) is 3.45. The van der Waals surface area contributed by atoms with Gasteiger partial charge in [-0.2, -0.15) is 0 Å². The summed E-state index contributed by atoms with van der Waals surface area (Å²) in [7, 11) is 0. The van der Waals surface area contributed by atoms with Gasteiger partial charge in [-0.05, 0) is 12.1 Å². The van der Waals surface area contributed by atoms with Crippen molar-refractivity contribution >= 4 is 22.3 Å². The summed E-state index contributed by atoms with van der Waals surface area (Å²) < 4.78 is 0. The third kappa shape index (κ3) is 1.60. The van der Waals surface area contributed by atoms with Crippen LogP contribution in [0, 0.1) is 6.20 Å². The van der Waals surface area contributed by atoms with E-state index in [4.69, 9.17) is 0 Å². The topological polar surface area (TPSA) is 37.8 Å². The first kappa shape index (κ1) is 7.24. The van der Waals surface area contributed by atoms with Crippen molar-refractivity contribution in [2.24, 2.45) is 0 Å². The predicted octanol–water partition coefficient (Wildman–Crippen LogP) is 2.08. The maximum absolute atomic E-state index is 4.10. The second kappa shape index (κ2) is 3.32. The van der Waals surface area contributed by atoms with Gasteiger partial charge in [0.2, 0.25) is 0 Å². The highest BCUT2D eigenvalue weighted by Gasteiger charge is 1.94. The van der Waals surface area contributed by atoms with Gasteiger partial charge in [0.15, 0.2) is 5.13 Å². The van der Waals surface area contributed by atoms with E-state index >= 15 is 0 Å². The van der Waals surface area contributed by atoms with Gasteiger partial charge in [0.05, 0.1) is 0 Å². The zero-order valence-corrected chi connectivity index (χ0v) is 7.01. The van der Waals surface area contributed by atoms with Crippen LogP contribution in [0.2, 0.25) is 0 Å². The largest absolute Gasteiger partial charge is 0.316 e. The molecule has 2 aromatic heterocycles. The smallest absolute Gasteiger partial charge is 0.188 e. The van der Waals surface area contributed by atoms with Gasteiger partial charge in [0, 0.05) is 11.6 Å². The lowest BCUT2D eigenvalue weighted by Crippen LogP contribution is -1.90. The Kier molecular flexibility index (Phi) is 2.00. The Morgan fingerprint density at radius 3 is 3.08 bits per heavy atom. The standard InChI is InChI=1S/C8H6N3S/c1-2-4-9-7(3-1)11-8-10-5-6-12-8/h1-4,6H,(H,9,10,11). The number of pyridine rings is 1. The van der Waals surface area contributed by atoms with Crippen molar-refractivity contribution in [3.05, 3.63) is 36.0 Å². The Bertz CT molecular complexity index is 330. The molecule has 59 valence electrons. The predicted molar refractivity (Wildman–Crippen MR) is 48.5 cm³/mol. The molecule has 0 amide bonds. The summed E-state index contributed by atoms with van der Waals surface area (Å²) in [5, 5.41) is 5.66. The molecule has 1 radical (unpaired) electrons. The van der Waals surface area contributed by atoms with Crippen LogP contribution in [0.15, 0.2) is 29.8 Å². The van der Waals surface area contributed by atoms with E-state index in [0.29, 0.717) is 0 Å². The Labute approximate surface area is 74.1 Å². The number of hydrogen-bond donors (Lipinski definition) is 1. The fraction of sp³-hybridized carbons (Fsp3) is 0. The number of aromatic nitrogens is 2. The van der Waals surface area contributed by atoms with E-state index in [0.717, 1.165) is 10.9 Å². The van der Waals surface area contributed by atoms with Gasteiger partial charge < -0.3 is 5.32 Å². The number of rotatable bonds is 2. The van der Waals surface area contributed by atoms with Crippen LogP contribution in [0.3, 0.4) is 0 Å². The zero-order valence-electron chi connectivity index (χ0n) is 6.19. The fourth-order valence-electron chi connectivity index (χ4n) is 0.797. The molecule has 2 heterocycles. The highest BCUT2D eigenvalue weighted by Crippen LogP contribution is 2.15. The molecule has 0 fully saturated rings. The third-order valence-electron chi connectivity index (χ3n) is 1.29. The number of nitrogens with zero attached hydrogens (tertiary/aromatic N) is 2. The summed E-state index contributed by atoms with van der Waals surface area (Å²) in [5.41, 5.74) is 0. The Morgan fingerprint density at radius 2 is 2.42 bits per heavy atom. The quantitative estimate of drug-likeness (QED) is 0.761. The molecule has 0 atom stereocenters. The minimum absolute atomic E-state index is 0.806. The molecule has 0 spiro atoms. The molecular formula is C8H6N3S. The van der Waals surface area contributed by atoms with Crippen molar-refractivity contribution in [2.75, 3.05) is 5.32 Å². The molecule has 0 aliphatic carbocycles. The van der Waals surface area contributed by atoms with E-state index in [2.05, 4.69) is 21.5 Å². The van der Waals surface area contributed by atoms with E-state index in [1.807, 2.05) is 18.2 Å². The van der Waals surface area contributed by atoms with Crippen LogP contribution in [-0.2, 0) is 0 Å². The summed E-state index contributed by atoms with van der Waals surface area (Å²) in [6.07, 6.45) is 4.46. The summed E-state index contributed by atoms with van der Waals surface area (Å²) in [4.78, 5) is 8.05. The zero-order chi connectivity index (χ0) is 8.23. The van der Waals surface area contributed by atoms with E-state index < -0.39 is 0 Å². The van der Waals surface area contributed by atoms with Crippen molar-refractivity contribution in [3.63, 3.8) is 0 Å². The van der Waals surface area contributed by atoms with Crippen LogP contribution >= 0.6 is 11.3 Å². The SMILES string of the molecule is [c]1csc(Nc2ccccn2)n1. The summed E-state index contributed by atoms with van der Waals surface area (Å²) in [6.45, 7) is 0. The molecule has 4 heteroatoms. The van der Waals surface area contributed by atoms with Gasteiger partial charge in [0.25, 0.3) is 0 Å². The highest BCUT2D eigenvalue weighted by molar-refractivity contribution is 7.13. The molecule has 1 N–H and O–H groups in total. The molecule has 2 aromatic rings. The second-order valence-corrected chi connectivity index (χ2v) is 2.98. The van der Waals surface area contributed by atoms with Crippen LogP contribution in [0.5, 0.6) is 0 Å². The van der Waals surface area contributed by atoms with Crippen molar-refractivity contribution < 1.29 is 0 Å². The Balaban J connectivity index is 2.15. The third-order valence-corrected chi connectivity index (χ3v) is 1.93. The molecule has 0 aliphatic rings. The molecule has 3 nitrogen and oxygen atoms in total. The lowest BCUT2D eigenvalue weighted by molar-refractivity contribution is 1.28. The summed E-state index contributed by atoms with van der Waals surface area (Å²) in [5.74, 6) is 0.806. The lowest BCUT2D eigenvalue weighted by Gasteiger charge is -1.98. The van der Waals surface area contributed by atoms with Gasteiger partial charge >= 0.3 is 0 Å². The lowest BCUT2D eigenvalue weighted by atomic mass is 10.5. The second-order valence-electron chi connectivity index (χ2n) is 2.12. The molecule has 0 aliphatic heterocycles. The molecule has 0 bridgehead atoms. The van der Waals surface area contributed by atoms with Crippen LogP contribution < -0.4 is 5.32 Å². The van der Waals surface area contributed by atoms with Gasteiger partial charge in [-0.3, -0.25) is 0 Å². The maximum atomic E-state index is 4.10. The van der Waals surface area contributed by atoms with Gasteiger partial charge in [0.1, 0.15) is 12.0 Å². The van der Waals surface area contributed by atoms with Crippen molar-refractivity contribution in [1.82, 2.24) is 9.97 Å². The average molecular weight is 176 g/mol. The van der Waals surface area contributed by atoms with Crippen LogP contribution in [-0.4, -0.2) is 9.97 Å². The molecular weight excluding hydrogens is 170 g/mol. The Morgan fingerprint density at radius 1 is 1.42 bits per heavy atom. The van der Waals surface area contributed by atoms with Crippen LogP contribution in [0.25, 0.3) is 0 Å². The van der Waals surface area contributed by atoms with E-state index in [9.17, 15) is 0 Å². The van der Waals surface area contributed by atoms with Crippen LogP contribution in [0.4, 0.5) is 10.9 Å². The average Bonchev–Trinajstić information content (AvgIpc) is 2.59. The molecule has 0 unspecified atom stereocenters. The number of anilines is 2. The molecule has 0 saturated heterocycles. The minimum atomic E-state index is 0.806. The molecule has 12 heavy (non-hydrogen) atoms. The number of nitrogens with one attached hydrogen (secondary N) is 1. The number of hydrogen-bond acceptors (Lipinski definition) is 4. The normalized spacial score (nSPS) is 9.67. The highest BCUT2D eigenvalue weighted by atomic mass is 32.1. The van der Waals surface area contributed by atoms with Crippen molar-refractivity contribution in [1.29, 1.82) is 0 Å². The Hall–Kier alpha value is -1.42. The van der Waals surface area contributed by atoms with E-state index in [-0.39, 0.29) is 0 Å². The maximum Gasteiger partial charge on any atom is 0.188 e. The van der Waals surface area contributed by atoms with Crippen molar-refractivity contribution in [2.45, 2.75) is 0 Å². The summed E-state index contributed by atoms with van der Waals surface area (Å²) in [6, 6.07) is 5.69.